The average molecular weight is 412 g/mol. The highest BCUT2D eigenvalue weighted by molar-refractivity contribution is 6.00. The lowest BCUT2D eigenvalue weighted by Gasteiger charge is -2.32. The summed E-state index contributed by atoms with van der Waals surface area (Å²) in [6, 6.07) is 9.65. The number of aldehydes is 1. The third-order valence-electron chi connectivity index (χ3n) is 4.89. The highest BCUT2D eigenvalue weighted by Crippen LogP contribution is 2.36. The number of nitro groups is 1. The van der Waals surface area contributed by atoms with E-state index in [1.807, 2.05) is 0 Å². The Bertz CT molecular complexity index is 975. The van der Waals surface area contributed by atoms with Crippen molar-refractivity contribution in [1.82, 2.24) is 4.90 Å². The van der Waals surface area contributed by atoms with Crippen LogP contribution < -0.4 is 9.47 Å². The van der Waals surface area contributed by atoms with Gasteiger partial charge in [0, 0.05) is 12.6 Å². The van der Waals surface area contributed by atoms with Gasteiger partial charge in [-0.25, -0.2) is 4.79 Å². The molecule has 2 aromatic carbocycles. The fourth-order valence-electron chi connectivity index (χ4n) is 3.35. The molecule has 2 aromatic rings. The summed E-state index contributed by atoms with van der Waals surface area (Å²) in [6.45, 7) is 0.326. The Morgan fingerprint density at radius 3 is 2.53 bits per heavy atom. The topological polar surface area (TPSA) is 116 Å². The normalized spacial score (nSPS) is 15.9. The Kier molecular flexibility index (Phi) is 6.41. The van der Waals surface area contributed by atoms with Gasteiger partial charge >= 0.3 is 5.97 Å². The Balaban J connectivity index is 1.99. The van der Waals surface area contributed by atoms with E-state index in [1.54, 1.807) is 18.2 Å². The van der Waals surface area contributed by atoms with Gasteiger partial charge in [0.1, 0.15) is 11.8 Å². The van der Waals surface area contributed by atoms with Gasteiger partial charge in [-0.05, 0) is 31.4 Å². The summed E-state index contributed by atoms with van der Waals surface area (Å²) in [5.41, 5.74) is -0.513. The lowest BCUT2D eigenvalue weighted by molar-refractivity contribution is -0.385. The number of hydrogen-bond donors (Lipinski definition) is 0. The first-order valence-electron chi connectivity index (χ1n) is 9.36. The monoisotopic (exact) mass is 412 g/mol. The van der Waals surface area contributed by atoms with Crippen LogP contribution >= 0.6 is 0 Å². The van der Waals surface area contributed by atoms with E-state index < -0.39 is 28.5 Å². The molecule has 1 aliphatic rings. The Labute approximate surface area is 172 Å². The molecule has 30 heavy (non-hydrogen) atoms. The van der Waals surface area contributed by atoms with Crippen LogP contribution in [-0.2, 0) is 4.79 Å². The largest absolute Gasteiger partial charge is 0.493 e. The number of amides is 1. The third-order valence-corrected chi connectivity index (χ3v) is 4.89. The molecule has 9 heteroatoms. The van der Waals surface area contributed by atoms with Gasteiger partial charge in [0.15, 0.2) is 11.5 Å². The zero-order valence-corrected chi connectivity index (χ0v) is 16.3. The van der Waals surface area contributed by atoms with Crippen LogP contribution in [0.2, 0.25) is 0 Å². The molecule has 9 nitrogen and oxygen atoms in total. The number of methoxy groups -OCH3 is 1. The van der Waals surface area contributed by atoms with Crippen molar-refractivity contribution in [3.63, 3.8) is 0 Å². The van der Waals surface area contributed by atoms with Crippen molar-refractivity contribution in [2.24, 2.45) is 0 Å². The van der Waals surface area contributed by atoms with Gasteiger partial charge in [-0.1, -0.05) is 18.2 Å². The smallest absolute Gasteiger partial charge is 0.343 e. The molecule has 1 atom stereocenters. The number of hydrogen-bond acceptors (Lipinski definition) is 7. The number of likely N-dealkylation sites (tertiary alicyclic amines) is 1. The van der Waals surface area contributed by atoms with E-state index in [9.17, 15) is 24.5 Å². The maximum absolute atomic E-state index is 13.0. The van der Waals surface area contributed by atoms with Crippen molar-refractivity contribution in [2.75, 3.05) is 13.7 Å². The third kappa shape index (κ3) is 4.29. The molecule has 0 N–H and O–H groups in total. The van der Waals surface area contributed by atoms with Crippen LogP contribution in [0.25, 0.3) is 0 Å². The minimum absolute atomic E-state index is 0.00658. The van der Waals surface area contributed by atoms with Crippen LogP contribution in [0.3, 0.4) is 0 Å². The molecule has 0 unspecified atom stereocenters. The molecule has 3 rings (SSSR count). The number of nitro benzene ring substituents is 1. The lowest BCUT2D eigenvalue weighted by atomic mass is 10.0. The molecule has 0 bridgehead atoms. The quantitative estimate of drug-likeness (QED) is 0.235. The Hall–Kier alpha value is -3.75. The second-order valence-corrected chi connectivity index (χ2v) is 6.73. The number of benzene rings is 2. The van der Waals surface area contributed by atoms with Gasteiger partial charge < -0.3 is 19.2 Å². The predicted molar refractivity (Wildman–Crippen MR) is 106 cm³/mol. The second-order valence-electron chi connectivity index (χ2n) is 6.73. The molecule has 0 spiro atoms. The molecule has 1 fully saturated rings. The van der Waals surface area contributed by atoms with Crippen molar-refractivity contribution in [2.45, 2.75) is 25.3 Å². The molecule has 0 aliphatic carbocycles. The molecule has 0 saturated carbocycles. The van der Waals surface area contributed by atoms with Crippen LogP contribution in [0.15, 0.2) is 42.5 Å². The van der Waals surface area contributed by atoms with E-state index in [-0.39, 0.29) is 22.6 Å². The van der Waals surface area contributed by atoms with Crippen LogP contribution in [0.4, 0.5) is 5.69 Å². The first-order chi connectivity index (χ1) is 14.5. The molecule has 0 radical (unpaired) electrons. The fraction of sp³-hybridized carbons (Fsp3) is 0.286. The second kappa shape index (κ2) is 9.17. The summed E-state index contributed by atoms with van der Waals surface area (Å²) < 4.78 is 10.5. The lowest BCUT2D eigenvalue weighted by Crippen LogP contribution is -2.44. The van der Waals surface area contributed by atoms with E-state index in [4.69, 9.17) is 9.47 Å². The molecule has 1 amide bonds. The average Bonchev–Trinajstić information content (AvgIpc) is 2.78. The molecule has 1 heterocycles. The van der Waals surface area contributed by atoms with E-state index in [1.165, 1.54) is 30.2 Å². The maximum Gasteiger partial charge on any atom is 0.343 e. The Morgan fingerprint density at radius 1 is 1.17 bits per heavy atom. The number of rotatable bonds is 6. The summed E-state index contributed by atoms with van der Waals surface area (Å²) in [5, 5.41) is 11.7. The summed E-state index contributed by atoms with van der Waals surface area (Å²) in [5.74, 6) is -1.55. The minimum Gasteiger partial charge on any atom is -0.493 e. The van der Waals surface area contributed by atoms with E-state index in [0.717, 1.165) is 12.5 Å². The van der Waals surface area contributed by atoms with Gasteiger partial charge in [-0.3, -0.25) is 14.9 Å². The summed E-state index contributed by atoms with van der Waals surface area (Å²) >= 11 is 0. The van der Waals surface area contributed by atoms with Gasteiger partial charge in [-0.2, -0.15) is 0 Å². The van der Waals surface area contributed by atoms with Gasteiger partial charge in [-0.15, -0.1) is 0 Å². The molecule has 156 valence electrons. The number of piperidine rings is 1. The minimum atomic E-state index is -0.730. The molecular formula is C21H20N2O7. The van der Waals surface area contributed by atoms with Crippen LogP contribution in [0.5, 0.6) is 11.5 Å². The number of carbonyl (C=O) groups excluding carboxylic acids is 3. The highest BCUT2D eigenvalue weighted by Gasteiger charge is 2.33. The number of esters is 1. The Morgan fingerprint density at radius 2 is 1.90 bits per heavy atom. The van der Waals surface area contributed by atoms with Crippen LogP contribution in [0, 0.1) is 10.1 Å². The first kappa shape index (κ1) is 21.0. The SMILES string of the molecule is COc1cc(C(=O)N2CCCC[C@@H]2C=O)c([N+](=O)[O-])cc1OC(=O)c1ccccc1. The standard InChI is InChI=1S/C21H20N2O7/c1-29-18-11-16(20(25)22-10-6-5-9-15(22)13-24)17(23(27)28)12-19(18)30-21(26)14-7-3-2-4-8-14/h2-4,7-8,11-13,15H,5-6,9-10H2,1H3/t15-/m1/s1. The molecule has 0 aromatic heterocycles. The van der Waals surface area contributed by atoms with Gasteiger partial charge in [0.2, 0.25) is 0 Å². The van der Waals surface area contributed by atoms with Crippen LogP contribution in [-0.4, -0.2) is 47.7 Å². The van der Waals surface area contributed by atoms with Crippen molar-refractivity contribution >= 4 is 23.9 Å². The van der Waals surface area contributed by atoms with Gasteiger partial charge in [0.05, 0.1) is 29.7 Å². The van der Waals surface area contributed by atoms with Crippen molar-refractivity contribution in [3.8, 4) is 11.5 Å². The zero-order valence-electron chi connectivity index (χ0n) is 16.3. The summed E-state index contributed by atoms with van der Waals surface area (Å²) in [7, 11) is 1.30. The first-order valence-corrected chi connectivity index (χ1v) is 9.36. The fourth-order valence-corrected chi connectivity index (χ4v) is 3.35. The maximum atomic E-state index is 13.0. The van der Waals surface area contributed by atoms with E-state index >= 15 is 0 Å². The number of ether oxygens (including phenoxy) is 2. The van der Waals surface area contributed by atoms with Crippen molar-refractivity contribution < 1.29 is 28.8 Å². The molecule has 1 saturated heterocycles. The van der Waals surface area contributed by atoms with E-state index in [0.29, 0.717) is 25.7 Å². The van der Waals surface area contributed by atoms with Crippen molar-refractivity contribution in [3.05, 3.63) is 63.7 Å². The highest BCUT2D eigenvalue weighted by atomic mass is 16.6. The molecule has 1 aliphatic heterocycles. The van der Waals surface area contributed by atoms with E-state index in [2.05, 4.69) is 0 Å². The van der Waals surface area contributed by atoms with Gasteiger partial charge in [0.25, 0.3) is 11.6 Å². The molecular weight excluding hydrogens is 392 g/mol. The van der Waals surface area contributed by atoms with Crippen LogP contribution in [0.1, 0.15) is 40.0 Å². The predicted octanol–water partition coefficient (Wildman–Crippen LogP) is 3.02. The number of nitrogens with zero attached hydrogens (tertiary/aromatic N) is 2. The summed E-state index contributed by atoms with van der Waals surface area (Å²) in [4.78, 5) is 49.0. The van der Waals surface area contributed by atoms with Crippen molar-refractivity contribution in [1.29, 1.82) is 0 Å². The number of carbonyl (C=O) groups is 3. The summed E-state index contributed by atoms with van der Waals surface area (Å²) in [6.07, 6.45) is 2.68. The zero-order chi connectivity index (χ0) is 21.7.